The molecule has 0 spiro atoms. The summed E-state index contributed by atoms with van der Waals surface area (Å²) in [4.78, 5) is 22.8. The Morgan fingerprint density at radius 2 is 1.91 bits per heavy atom. The van der Waals surface area contributed by atoms with Crippen molar-refractivity contribution in [3.63, 3.8) is 0 Å². The number of hydrogen-bond donors (Lipinski definition) is 0. The van der Waals surface area contributed by atoms with Gasteiger partial charge < -0.3 is 0 Å². The molecule has 2 aromatic carbocycles. The zero-order valence-electron chi connectivity index (χ0n) is 12.1. The standard InChI is InChI=1S/C17H12ClN3OS/c18-12-7-5-11(6-8-12)10-23-17-20-14-4-2-1-3-13(14)16-19-9-15(22)21(16)17/h1-8H,9-10H2. The summed E-state index contributed by atoms with van der Waals surface area (Å²) in [6.45, 7) is 0.185. The lowest BCUT2D eigenvalue weighted by Crippen LogP contribution is -2.39. The Hall–Kier alpha value is -2.11. The van der Waals surface area contributed by atoms with Crippen molar-refractivity contribution in [2.45, 2.75) is 5.75 Å². The van der Waals surface area contributed by atoms with Crippen LogP contribution in [0.2, 0.25) is 5.02 Å². The van der Waals surface area contributed by atoms with Crippen molar-refractivity contribution in [1.29, 1.82) is 0 Å². The molecule has 0 fully saturated rings. The number of aliphatic imine (C=N–C) groups is 2. The van der Waals surface area contributed by atoms with Crippen LogP contribution >= 0.6 is 23.4 Å². The Labute approximate surface area is 142 Å². The van der Waals surface area contributed by atoms with Gasteiger partial charge in [-0.3, -0.25) is 9.79 Å². The number of nitrogens with zero attached hydrogens (tertiary/aromatic N) is 3. The van der Waals surface area contributed by atoms with Gasteiger partial charge in [-0.05, 0) is 29.8 Å². The van der Waals surface area contributed by atoms with E-state index >= 15 is 0 Å². The molecule has 0 saturated carbocycles. The Bertz CT molecular complexity index is 845. The van der Waals surface area contributed by atoms with E-state index in [0.717, 1.165) is 22.6 Å². The molecule has 0 saturated heterocycles. The van der Waals surface area contributed by atoms with Crippen molar-refractivity contribution in [1.82, 2.24) is 4.90 Å². The van der Waals surface area contributed by atoms with Gasteiger partial charge >= 0.3 is 0 Å². The molecule has 4 nitrogen and oxygen atoms in total. The van der Waals surface area contributed by atoms with Crippen LogP contribution in [0.1, 0.15) is 11.1 Å². The molecule has 2 aromatic rings. The average molecular weight is 342 g/mol. The van der Waals surface area contributed by atoms with Gasteiger partial charge in [0.1, 0.15) is 12.4 Å². The number of hydrogen-bond acceptors (Lipinski definition) is 4. The number of thioether (sulfide) groups is 1. The van der Waals surface area contributed by atoms with Gasteiger partial charge in [-0.15, -0.1) is 0 Å². The van der Waals surface area contributed by atoms with Crippen molar-refractivity contribution < 1.29 is 4.79 Å². The van der Waals surface area contributed by atoms with E-state index in [9.17, 15) is 4.79 Å². The molecule has 0 N–H and O–H groups in total. The fraction of sp³-hybridized carbons (Fsp3) is 0.118. The average Bonchev–Trinajstić information content (AvgIpc) is 2.97. The predicted molar refractivity (Wildman–Crippen MR) is 94.5 cm³/mol. The zero-order valence-corrected chi connectivity index (χ0v) is 13.6. The van der Waals surface area contributed by atoms with Crippen molar-refractivity contribution in [2.24, 2.45) is 9.98 Å². The third-order valence-corrected chi connectivity index (χ3v) is 4.92. The van der Waals surface area contributed by atoms with Gasteiger partial charge in [-0.2, -0.15) is 0 Å². The van der Waals surface area contributed by atoms with Crippen molar-refractivity contribution in [2.75, 3.05) is 6.54 Å². The summed E-state index contributed by atoms with van der Waals surface area (Å²) in [5.74, 6) is 1.39. The second kappa shape index (κ2) is 5.83. The highest BCUT2D eigenvalue weighted by Gasteiger charge is 2.35. The Kier molecular flexibility index (Phi) is 3.67. The second-order valence-electron chi connectivity index (χ2n) is 5.20. The Balaban J connectivity index is 1.64. The van der Waals surface area contributed by atoms with Crippen LogP contribution in [0.25, 0.3) is 0 Å². The smallest absolute Gasteiger partial charge is 0.256 e. The van der Waals surface area contributed by atoms with Crippen LogP contribution in [0.15, 0.2) is 58.5 Å². The highest BCUT2D eigenvalue weighted by atomic mass is 35.5. The fourth-order valence-corrected chi connectivity index (χ4v) is 3.64. The van der Waals surface area contributed by atoms with E-state index in [4.69, 9.17) is 11.6 Å². The number of carbonyl (C=O) groups is 1. The quantitative estimate of drug-likeness (QED) is 0.832. The van der Waals surface area contributed by atoms with Gasteiger partial charge in [0.25, 0.3) is 5.91 Å². The molecular formula is C17H12ClN3OS. The molecule has 0 aliphatic carbocycles. The second-order valence-corrected chi connectivity index (χ2v) is 6.57. The number of para-hydroxylation sites is 1. The molecular weight excluding hydrogens is 330 g/mol. The van der Waals surface area contributed by atoms with E-state index in [1.807, 2.05) is 48.5 Å². The van der Waals surface area contributed by atoms with E-state index in [0.29, 0.717) is 16.0 Å². The van der Waals surface area contributed by atoms with Gasteiger partial charge in [0, 0.05) is 16.3 Å². The molecule has 2 aliphatic rings. The lowest BCUT2D eigenvalue weighted by atomic mass is 10.1. The number of amidine groups is 2. The summed E-state index contributed by atoms with van der Waals surface area (Å²) in [7, 11) is 0. The Morgan fingerprint density at radius 1 is 1.13 bits per heavy atom. The first-order valence-corrected chi connectivity index (χ1v) is 8.51. The first-order chi connectivity index (χ1) is 11.2. The van der Waals surface area contributed by atoms with Crippen molar-refractivity contribution >= 4 is 46.0 Å². The van der Waals surface area contributed by atoms with Gasteiger partial charge in [0.2, 0.25) is 0 Å². The van der Waals surface area contributed by atoms with Crippen LogP contribution in [0.5, 0.6) is 0 Å². The molecule has 2 aliphatic heterocycles. The molecule has 4 rings (SSSR count). The molecule has 0 aromatic heterocycles. The monoisotopic (exact) mass is 341 g/mol. The fourth-order valence-electron chi connectivity index (χ4n) is 2.54. The third kappa shape index (κ3) is 2.66. The number of rotatable bonds is 2. The van der Waals surface area contributed by atoms with Crippen molar-refractivity contribution in [3.05, 3.63) is 64.7 Å². The SMILES string of the molecule is O=C1CN=C2c3ccccc3N=C(SCc3ccc(Cl)cc3)N12. The number of halogens is 1. The van der Waals surface area contributed by atoms with Gasteiger partial charge in [0.15, 0.2) is 5.17 Å². The first-order valence-electron chi connectivity index (χ1n) is 7.15. The summed E-state index contributed by atoms with van der Waals surface area (Å²) >= 11 is 7.44. The topological polar surface area (TPSA) is 45.0 Å². The lowest BCUT2D eigenvalue weighted by Gasteiger charge is -2.25. The van der Waals surface area contributed by atoms with E-state index in [1.54, 1.807) is 4.90 Å². The maximum Gasteiger partial charge on any atom is 0.256 e. The van der Waals surface area contributed by atoms with E-state index in [1.165, 1.54) is 11.8 Å². The summed E-state index contributed by atoms with van der Waals surface area (Å²) in [6, 6.07) is 15.5. The van der Waals surface area contributed by atoms with Crippen LogP contribution in [0.3, 0.4) is 0 Å². The largest absolute Gasteiger partial charge is 0.272 e. The van der Waals surface area contributed by atoms with E-state index in [-0.39, 0.29) is 12.5 Å². The summed E-state index contributed by atoms with van der Waals surface area (Å²) in [6.07, 6.45) is 0. The first kappa shape index (κ1) is 14.5. The summed E-state index contributed by atoms with van der Waals surface area (Å²) < 4.78 is 0. The maximum absolute atomic E-state index is 12.2. The Morgan fingerprint density at radius 3 is 2.74 bits per heavy atom. The van der Waals surface area contributed by atoms with Crippen LogP contribution in [-0.2, 0) is 10.5 Å². The summed E-state index contributed by atoms with van der Waals surface area (Å²) in [5, 5.41) is 1.40. The lowest BCUT2D eigenvalue weighted by molar-refractivity contribution is -0.122. The number of carbonyl (C=O) groups excluding carboxylic acids is 1. The van der Waals surface area contributed by atoms with Gasteiger partial charge in [0.05, 0.1) is 5.69 Å². The molecule has 1 amide bonds. The minimum atomic E-state index is -0.0307. The molecule has 114 valence electrons. The molecule has 0 atom stereocenters. The molecule has 2 heterocycles. The minimum Gasteiger partial charge on any atom is -0.272 e. The molecule has 0 radical (unpaired) electrons. The minimum absolute atomic E-state index is 0.0307. The van der Waals surface area contributed by atoms with Crippen LogP contribution < -0.4 is 0 Å². The number of fused-ring (bicyclic) bond motifs is 3. The number of benzene rings is 2. The van der Waals surface area contributed by atoms with Gasteiger partial charge in [-0.25, -0.2) is 9.89 Å². The maximum atomic E-state index is 12.2. The molecule has 23 heavy (non-hydrogen) atoms. The van der Waals surface area contributed by atoms with Crippen LogP contribution in [0.4, 0.5) is 5.69 Å². The van der Waals surface area contributed by atoms with E-state index in [2.05, 4.69) is 9.98 Å². The third-order valence-electron chi connectivity index (χ3n) is 3.66. The molecule has 0 unspecified atom stereocenters. The van der Waals surface area contributed by atoms with Crippen LogP contribution in [0, 0.1) is 0 Å². The van der Waals surface area contributed by atoms with Crippen molar-refractivity contribution in [3.8, 4) is 0 Å². The molecule has 6 heteroatoms. The normalized spacial score (nSPS) is 15.9. The molecule has 0 bridgehead atoms. The summed E-state index contributed by atoms with van der Waals surface area (Å²) in [5.41, 5.74) is 2.90. The zero-order chi connectivity index (χ0) is 15.8. The van der Waals surface area contributed by atoms with Gasteiger partial charge in [-0.1, -0.05) is 47.6 Å². The predicted octanol–water partition coefficient (Wildman–Crippen LogP) is 3.86. The highest BCUT2D eigenvalue weighted by molar-refractivity contribution is 8.13. The van der Waals surface area contributed by atoms with E-state index < -0.39 is 0 Å². The van der Waals surface area contributed by atoms with Crippen LogP contribution in [-0.4, -0.2) is 28.4 Å². The number of amides is 1. The highest BCUT2D eigenvalue weighted by Crippen LogP contribution is 2.32.